The predicted octanol–water partition coefficient (Wildman–Crippen LogP) is 2.59. The zero-order chi connectivity index (χ0) is 15.2. The quantitative estimate of drug-likeness (QED) is 0.650. The van der Waals surface area contributed by atoms with Crippen LogP contribution < -0.4 is 5.01 Å². The molecule has 0 amide bonds. The van der Waals surface area contributed by atoms with E-state index in [1.807, 2.05) is 6.07 Å². The Labute approximate surface area is 120 Å². The van der Waals surface area contributed by atoms with Crippen molar-refractivity contribution in [1.82, 2.24) is 0 Å². The Bertz CT molecular complexity index is 666. The highest BCUT2D eigenvalue weighted by molar-refractivity contribution is 6.22. The molecule has 0 radical (unpaired) electrons. The molecule has 0 unspecified atom stereocenters. The van der Waals surface area contributed by atoms with Gasteiger partial charge in [-0.2, -0.15) is 5.10 Å². The number of hydrogen-bond acceptors (Lipinski definition) is 4. The molecular weight excluding hydrogens is 272 g/mol. The Morgan fingerprint density at radius 2 is 1.48 bits per heavy atom. The molecule has 21 heavy (non-hydrogen) atoms. The van der Waals surface area contributed by atoms with E-state index in [9.17, 15) is 9.59 Å². The maximum absolute atomic E-state index is 10.8. The van der Waals surface area contributed by atoms with E-state index in [-0.39, 0.29) is 5.56 Å². The van der Waals surface area contributed by atoms with Crippen molar-refractivity contribution in [2.75, 3.05) is 5.01 Å². The van der Waals surface area contributed by atoms with E-state index in [0.29, 0.717) is 11.4 Å². The number of aromatic carboxylic acids is 1. The standard InChI is InChI=1S/C15H12N2O4/c18-14(19)10-16-17(12-4-2-1-3-5-12)13-8-6-11(7-9-13)15(20)21/h1-10H,(H,18,19)(H,20,21)/b16-10+. The van der Waals surface area contributed by atoms with Crippen molar-refractivity contribution in [2.24, 2.45) is 5.10 Å². The van der Waals surface area contributed by atoms with Crippen LogP contribution in [0.5, 0.6) is 0 Å². The number of carboxylic acid groups (broad SMARTS) is 2. The first-order valence-corrected chi connectivity index (χ1v) is 6.03. The van der Waals surface area contributed by atoms with Crippen LogP contribution in [0.15, 0.2) is 59.7 Å². The fraction of sp³-hybridized carbons (Fsp3) is 0. The van der Waals surface area contributed by atoms with Gasteiger partial charge in [0.05, 0.1) is 16.9 Å². The molecule has 0 aromatic heterocycles. The van der Waals surface area contributed by atoms with Gasteiger partial charge in [-0.3, -0.25) is 0 Å². The Balaban J connectivity index is 2.39. The maximum atomic E-state index is 10.8. The summed E-state index contributed by atoms with van der Waals surface area (Å²) in [5.41, 5.74) is 1.37. The van der Waals surface area contributed by atoms with E-state index in [2.05, 4.69) is 5.10 Å². The third kappa shape index (κ3) is 3.66. The average molecular weight is 284 g/mol. The summed E-state index contributed by atoms with van der Waals surface area (Å²) in [4.78, 5) is 21.5. The molecule has 0 fully saturated rings. The second-order valence-electron chi connectivity index (χ2n) is 4.08. The summed E-state index contributed by atoms with van der Waals surface area (Å²) in [6.45, 7) is 0. The van der Waals surface area contributed by atoms with Gasteiger partial charge in [-0.1, -0.05) is 18.2 Å². The van der Waals surface area contributed by atoms with Gasteiger partial charge in [0.25, 0.3) is 0 Å². The number of benzene rings is 2. The van der Waals surface area contributed by atoms with Gasteiger partial charge in [0, 0.05) is 0 Å². The highest BCUT2D eigenvalue weighted by atomic mass is 16.4. The molecule has 2 aromatic carbocycles. The van der Waals surface area contributed by atoms with Crippen molar-refractivity contribution in [2.45, 2.75) is 0 Å². The van der Waals surface area contributed by atoms with Gasteiger partial charge in [-0.25, -0.2) is 14.6 Å². The van der Waals surface area contributed by atoms with E-state index in [0.717, 1.165) is 6.21 Å². The Morgan fingerprint density at radius 3 is 2.00 bits per heavy atom. The van der Waals surface area contributed by atoms with E-state index in [1.54, 1.807) is 36.4 Å². The van der Waals surface area contributed by atoms with E-state index >= 15 is 0 Å². The summed E-state index contributed by atoms with van der Waals surface area (Å²) in [6, 6.07) is 15.0. The predicted molar refractivity (Wildman–Crippen MR) is 78.1 cm³/mol. The first-order valence-electron chi connectivity index (χ1n) is 6.03. The van der Waals surface area contributed by atoms with Crippen molar-refractivity contribution < 1.29 is 19.8 Å². The van der Waals surface area contributed by atoms with Crippen molar-refractivity contribution in [3.63, 3.8) is 0 Å². The lowest BCUT2D eigenvalue weighted by atomic mass is 10.2. The molecule has 0 bridgehead atoms. The third-order valence-corrected chi connectivity index (χ3v) is 2.64. The monoisotopic (exact) mass is 284 g/mol. The number of carboxylic acids is 2. The number of rotatable bonds is 5. The fourth-order valence-corrected chi connectivity index (χ4v) is 1.70. The van der Waals surface area contributed by atoms with Crippen LogP contribution in [0.25, 0.3) is 0 Å². The fourth-order valence-electron chi connectivity index (χ4n) is 1.70. The third-order valence-electron chi connectivity index (χ3n) is 2.64. The summed E-state index contributed by atoms with van der Waals surface area (Å²) in [6.07, 6.45) is 0.776. The lowest BCUT2D eigenvalue weighted by molar-refractivity contribution is -0.128. The van der Waals surface area contributed by atoms with Gasteiger partial charge in [-0.15, -0.1) is 0 Å². The summed E-state index contributed by atoms with van der Waals surface area (Å²) >= 11 is 0. The number of hydrogen-bond donors (Lipinski definition) is 2. The normalized spacial score (nSPS) is 10.5. The molecular formula is C15H12N2O4. The number of nitrogens with zero attached hydrogens (tertiary/aromatic N) is 2. The van der Waals surface area contributed by atoms with Gasteiger partial charge < -0.3 is 10.2 Å². The molecule has 0 aliphatic heterocycles. The van der Waals surface area contributed by atoms with Gasteiger partial charge >= 0.3 is 11.9 Å². The second kappa shape index (κ2) is 6.33. The van der Waals surface area contributed by atoms with Crippen LogP contribution in [0.1, 0.15) is 10.4 Å². The highest BCUT2D eigenvalue weighted by Crippen LogP contribution is 2.25. The molecule has 6 nitrogen and oxygen atoms in total. The van der Waals surface area contributed by atoms with Gasteiger partial charge in [0.2, 0.25) is 0 Å². The van der Waals surface area contributed by atoms with E-state index < -0.39 is 11.9 Å². The van der Waals surface area contributed by atoms with Crippen LogP contribution in [-0.2, 0) is 4.79 Å². The second-order valence-corrected chi connectivity index (χ2v) is 4.08. The Morgan fingerprint density at radius 1 is 0.905 bits per heavy atom. The number of anilines is 2. The molecule has 0 aliphatic rings. The minimum Gasteiger partial charge on any atom is -0.478 e. The lowest BCUT2D eigenvalue weighted by Crippen LogP contribution is -2.11. The molecule has 0 saturated heterocycles. The molecule has 0 spiro atoms. The van der Waals surface area contributed by atoms with Crippen molar-refractivity contribution in [3.05, 3.63) is 60.2 Å². The van der Waals surface area contributed by atoms with Gasteiger partial charge in [-0.05, 0) is 36.4 Å². The van der Waals surface area contributed by atoms with Crippen LogP contribution >= 0.6 is 0 Å². The Kier molecular flexibility index (Phi) is 4.30. The zero-order valence-electron chi connectivity index (χ0n) is 10.9. The molecule has 0 heterocycles. The number of carbonyl (C=O) groups is 2. The molecule has 2 rings (SSSR count). The zero-order valence-corrected chi connectivity index (χ0v) is 10.9. The summed E-state index contributed by atoms with van der Waals surface area (Å²) in [5.74, 6) is -2.19. The first kappa shape index (κ1) is 14.3. The minimum absolute atomic E-state index is 0.147. The summed E-state index contributed by atoms with van der Waals surface area (Å²) in [7, 11) is 0. The summed E-state index contributed by atoms with van der Waals surface area (Å²) in [5, 5.41) is 22.9. The maximum Gasteiger partial charge on any atom is 0.348 e. The molecule has 0 aliphatic carbocycles. The number of aliphatic carboxylic acids is 1. The highest BCUT2D eigenvalue weighted by Gasteiger charge is 2.09. The van der Waals surface area contributed by atoms with Crippen LogP contribution in [0.2, 0.25) is 0 Å². The molecule has 6 heteroatoms. The molecule has 0 saturated carbocycles. The van der Waals surface area contributed by atoms with Crippen LogP contribution in [0.4, 0.5) is 11.4 Å². The van der Waals surface area contributed by atoms with Crippen LogP contribution in [0, 0.1) is 0 Å². The van der Waals surface area contributed by atoms with Crippen molar-refractivity contribution in [1.29, 1.82) is 0 Å². The summed E-state index contributed by atoms with van der Waals surface area (Å²) < 4.78 is 0. The van der Waals surface area contributed by atoms with Crippen molar-refractivity contribution in [3.8, 4) is 0 Å². The van der Waals surface area contributed by atoms with Crippen molar-refractivity contribution >= 4 is 29.5 Å². The lowest BCUT2D eigenvalue weighted by Gasteiger charge is -2.18. The van der Waals surface area contributed by atoms with E-state index in [4.69, 9.17) is 10.2 Å². The molecule has 2 N–H and O–H groups in total. The van der Waals surface area contributed by atoms with E-state index in [1.165, 1.54) is 17.1 Å². The SMILES string of the molecule is O=C(O)/C=N/N(c1ccccc1)c1ccc(C(=O)O)cc1. The number of para-hydroxylation sites is 1. The topological polar surface area (TPSA) is 90.2 Å². The Hall–Kier alpha value is -3.15. The van der Waals surface area contributed by atoms with Crippen LogP contribution in [0.3, 0.4) is 0 Å². The molecule has 106 valence electrons. The van der Waals surface area contributed by atoms with Crippen LogP contribution in [-0.4, -0.2) is 28.4 Å². The van der Waals surface area contributed by atoms with Gasteiger partial charge in [0.15, 0.2) is 0 Å². The number of hydrazone groups is 1. The first-order chi connectivity index (χ1) is 10.1. The average Bonchev–Trinajstić information content (AvgIpc) is 2.49. The molecule has 0 atom stereocenters. The largest absolute Gasteiger partial charge is 0.478 e. The molecule has 2 aromatic rings. The minimum atomic E-state index is -1.17. The van der Waals surface area contributed by atoms with Gasteiger partial charge in [0.1, 0.15) is 6.21 Å². The smallest absolute Gasteiger partial charge is 0.348 e.